The Kier molecular flexibility index (Phi) is 6.59. The summed E-state index contributed by atoms with van der Waals surface area (Å²) in [5, 5.41) is 21.7. The number of benzene rings is 4. The van der Waals surface area contributed by atoms with Crippen molar-refractivity contribution >= 4 is 26.5 Å². The van der Waals surface area contributed by atoms with Gasteiger partial charge in [-0.3, -0.25) is 4.31 Å². The first kappa shape index (κ1) is 22.3. The molecule has 0 aromatic heterocycles. The standard InChI is InChI=1S/C26H22N2O4S/c27-17-20-13-15-24(16-14-20)33(30,31)28(22-9-2-1-3-10-22)18-23(29)19-32-26-12-6-8-21-7-4-5-11-25(21)26/h1-16,23,29H,18-19H2/t23-/m1/s1. The Labute approximate surface area is 193 Å². The number of nitriles is 1. The van der Waals surface area contributed by atoms with Gasteiger partial charge in [-0.25, -0.2) is 8.42 Å². The van der Waals surface area contributed by atoms with E-state index in [9.17, 15) is 13.5 Å². The van der Waals surface area contributed by atoms with E-state index in [1.165, 1.54) is 24.3 Å². The molecule has 1 N–H and O–H groups in total. The molecule has 0 saturated heterocycles. The van der Waals surface area contributed by atoms with Gasteiger partial charge in [0.05, 0.1) is 28.8 Å². The predicted octanol–water partition coefficient (Wildman–Crippen LogP) is 4.35. The maximum Gasteiger partial charge on any atom is 0.264 e. The third-order valence-electron chi connectivity index (χ3n) is 5.17. The summed E-state index contributed by atoms with van der Waals surface area (Å²) in [5.41, 5.74) is 0.787. The number of fused-ring (bicyclic) bond motifs is 1. The van der Waals surface area contributed by atoms with E-state index in [0.29, 0.717) is 17.0 Å². The number of ether oxygens (including phenoxy) is 1. The number of aliphatic hydroxyl groups is 1. The van der Waals surface area contributed by atoms with E-state index in [0.717, 1.165) is 15.1 Å². The molecule has 0 radical (unpaired) electrons. The Morgan fingerprint density at radius 3 is 2.27 bits per heavy atom. The quantitative estimate of drug-likeness (QED) is 0.424. The van der Waals surface area contributed by atoms with E-state index in [4.69, 9.17) is 10.00 Å². The smallest absolute Gasteiger partial charge is 0.264 e. The summed E-state index contributed by atoms with van der Waals surface area (Å²) in [6.45, 7) is -0.280. The second kappa shape index (κ2) is 9.74. The highest BCUT2D eigenvalue weighted by Gasteiger charge is 2.27. The normalized spacial score (nSPS) is 12.1. The van der Waals surface area contributed by atoms with E-state index in [2.05, 4.69) is 0 Å². The molecule has 0 aliphatic heterocycles. The van der Waals surface area contributed by atoms with Crippen LogP contribution in [0, 0.1) is 11.3 Å². The van der Waals surface area contributed by atoms with E-state index in [1.54, 1.807) is 30.3 Å². The summed E-state index contributed by atoms with van der Waals surface area (Å²) in [6, 6.07) is 29.7. The number of rotatable bonds is 8. The van der Waals surface area contributed by atoms with Crippen molar-refractivity contribution in [3.8, 4) is 11.8 Å². The average Bonchev–Trinajstić information content (AvgIpc) is 2.86. The molecule has 4 aromatic rings. The lowest BCUT2D eigenvalue weighted by Gasteiger charge is -2.27. The van der Waals surface area contributed by atoms with Crippen molar-refractivity contribution in [3.63, 3.8) is 0 Å². The van der Waals surface area contributed by atoms with Crippen LogP contribution in [-0.4, -0.2) is 32.8 Å². The van der Waals surface area contributed by atoms with E-state index < -0.39 is 16.1 Å². The van der Waals surface area contributed by atoms with Crippen LogP contribution in [0.5, 0.6) is 5.75 Å². The molecule has 0 amide bonds. The molecule has 4 aromatic carbocycles. The zero-order valence-corrected chi connectivity index (χ0v) is 18.5. The van der Waals surface area contributed by atoms with Crippen molar-refractivity contribution in [1.82, 2.24) is 0 Å². The number of aliphatic hydroxyl groups excluding tert-OH is 1. The van der Waals surface area contributed by atoms with Gasteiger partial charge < -0.3 is 9.84 Å². The monoisotopic (exact) mass is 458 g/mol. The van der Waals surface area contributed by atoms with Gasteiger partial charge in [0.2, 0.25) is 0 Å². The van der Waals surface area contributed by atoms with Crippen LogP contribution in [0.3, 0.4) is 0 Å². The van der Waals surface area contributed by atoms with Crippen molar-refractivity contribution < 1.29 is 18.3 Å². The van der Waals surface area contributed by atoms with Gasteiger partial charge in [-0.05, 0) is 47.9 Å². The van der Waals surface area contributed by atoms with Gasteiger partial charge in [-0.1, -0.05) is 54.6 Å². The van der Waals surface area contributed by atoms with E-state index in [-0.39, 0.29) is 18.0 Å². The third-order valence-corrected chi connectivity index (χ3v) is 6.98. The fourth-order valence-corrected chi connectivity index (χ4v) is 5.02. The lowest BCUT2D eigenvalue weighted by atomic mass is 10.1. The number of hydrogen-bond acceptors (Lipinski definition) is 5. The Morgan fingerprint density at radius 2 is 1.55 bits per heavy atom. The van der Waals surface area contributed by atoms with Gasteiger partial charge in [-0.15, -0.1) is 0 Å². The van der Waals surface area contributed by atoms with Crippen LogP contribution in [0.1, 0.15) is 5.56 Å². The number of para-hydroxylation sites is 1. The number of sulfonamides is 1. The van der Waals surface area contributed by atoms with Crippen molar-refractivity contribution in [2.45, 2.75) is 11.0 Å². The summed E-state index contributed by atoms with van der Waals surface area (Å²) in [7, 11) is -3.98. The van der Waals surface area contributed by atoms with Gasteiger partial charge in [-0.2, -0.15) is 5.26 Å². The molecule has 33 heavy (non-hydrogen) atoms. The topological polar surface area (TPSA) is 90.6 Å². The molecular weight excluding hydrogens is 436 g/mol. The minimum Gasteiger partial charge on any atom is -0.490 e. The highest BCUT2D eigenvalue weighted by Crippen LogP contribution is 2.27. The maximum atomic E-state index is 13.4. The lowest BCUT2D eigenvalue weighted by Crippen LogP contribution is -2.39. The molecule has 6 nitrogen and oxygen atoms in total. The number of nitrogens with zero attached hydrogens (tertiary/aromatic N) is 2. The Morgan fingerprint density at radius 1 is 0.879 bits per heavy atom. The van der Waals surface area contributed by atoms with Gasteiger partial charge in [0.1, 0.15) is 18.5 Å². The zero-order valence-electron chi connectivity index (χ0n) is 17.7. The minimum absolute atomic E-state index is 0.0347. The highest BCUT2D eigenvalue weighted by molar-refractivity contribution is 7.92. The third kappa shape index (κ3) is 4.98. The molecule has 7 heteroatoms. The largest absolute Gasteiger partial charge is 0.490 e. The molecule has 0 spiro atoms. The Bertz CT molecular complexity index is 1380. The van der Waals surface area contributed by atoms with Gasteiger partial charge >= 0.3 is 0 Å². The zero-order chi connectivity index (χ0) is 23.3. The van der Waals surface area contributed by atoms with Gasteiger partial charge in [0.15, 0.2) is 0 Å². The molecule has 0 aliphatic rings. The SMILES string of the molecule is N#Cc1ccc(S(=O)(=O)N(C[C@@H](O)COc2cccc3ccccc23)c2ccccc2)cc1. The Balaban J connectivity index is 1.57. The van der Waals surface area contributed by atoms with Gasteiger partial charge in [0.25, 0.3) is 10.0 Å². The van der Waals surface area contributed by atoms with E-state index >= 15 is 0 Å². The maximum absolute atomic E-state index is 13.4. The summed E-state index contributed by atoms with van der Waals surface area (Å²) in [4.78, 5) is 0.0347. The predicted molar refractivity (Wildman–Crippen MR) is 128 cm³/mol. The van der Waals surface area contributed by atoms with Gasteiger partial charge in [0, 0.05) is 5.39 Å². The molecular formula is C26H22N2O4S. The molecule has 1 atom stereocenters. The molecule has 0 saturated carbocycles. The van der Waals surface area contributed by atoms with E-state index in [1.807, 2.05) is 48.5 Å². The van der Waals surface area contributed by atoms with Crippen LogP contribution in [0.2, 0.25) is 0 Å². The first-order valence-electron chi connectivity index (χ1n) is 10.4. The molecule has 0 unspecified atom stereocenters. The molecule has 4 rings (SSSR count). The van der Waals surface area contributed by atoms with Crippen LogP contribution >= 0.6 is 0 Å². The highest BCUT2D eigenvalue weighted by atomic mass is 32.2. The summed E-state index contributed by atoms with van der Waals surface area (Å²) < 4.78 is 33.8. The van der Waals surface area contributed by atoms with Crippen molar-refractivity contribution in [1.29, 1.82) is 5.26 Å². The first-order chi connectivity index (χ1) is 16.0. The fourth-order valence-electron chi connectivity index (χ4n) is 3.52. The van der Waals surface area contributed by atoms with Crippen LogP contribution in [0.4, 0.5) is 5.69 Å². The molecule has 0 aliphatic carbocycles. The van der Waals surface area contributed by atoms with Crippen molar-refractivity contribution in [2.24, 2.45) is 0 Å². The molecule has 0 heterocycles. The lowest BCUT2D eigenvalue weighted by molar-refractivity contribution is 0.116. The van der Waals surface area contributed by atoms with Crippen molar-refractivity contribution in [3.05, 3.63) is 103 Å². The first-order valence-corrected chi connectivity index (χ1v) is 11.8. The second-order valence-electron chi connectivity index (χ2n) is 7.45. The summed E-state index contributed by atoms with van der Waals surface area (Å²) in [6.07, 6.45) is -1.09. The van der Waals surface area contributed by atoms with Crippen molar-refractivity contribution in [2.75, 3.05) is 17.5 Å². The number of hydrogen-bond donors (Lipinski definition) is 1. The molecule has 166 valence electrons. The second-order valence-corrected chi connectivity index (χ2v) is 9.31. The minimum atomic E-state index is -3.98. The van der Waals surface area contributed by atoms with Crippen LogP contribution in [0.15, 0.2) is 102 Å². The Hall–Kier alpha value is -3.86. The van der Waals surface area contributed by atoms with Crippen LogP contribution in [-0.2, 0) is 10.0 Å². The molecule has 0 fully saturated rings. The molecule has 0 bridgehead atoms. The van der Waals surface area contributed by atoms with Crippen LogP contribution in [0.25, 0.3) is 10.8 Å². The number of anilines is 1. The summed E-state index contributed by atoms with van der Waals surface area (Å²) in [5.74, 6) is 0.619. The average molecular weight is 459 g/mol. The fraction of sp³-hybridized carbons (Fsp3) is 0.115. The summed E-state index contributed by atoms with van der Waals surface area (Å²) >= 11 is 0. The van der Waals surface area contributed by atoms with Crippen LogP contribution < -0.4 is 9.04 Å².